The number of aryl methyl sites for hydroxylation is 1. The molecule has 3 heterocycles. The minimum Gasteiger partial charge on any atom is -0.347 e. The smallest absolute Gasteiger partial charge is 0.272 e. The Bertz CT molecular complexity index is 894. The summed E-state index contributed by atoms with van der Waals surface area (Å²) in [6, 6.07) is 11.4. The first-order valence-electron chi connectivity index (χ1n) is 8.35. The highest BCUT2D eigenvalue weighted by Crippen LogP contribution is 2.27. The van der Waals surface area contributed by atoms with Gasteiger partial charge in [0.2, 0.25) is 10.3 Å². The van der Waals surface area contributed by atoms with Gasteiger partial charge in [0.1, 0.15) is 5.69 Å². The van der Waals surface area contributed by atoms with Gasteiger partial charge in [-0.3, -0.25) is 9.36 Å². The molecule has 25 heavy (non-hydrogen) atoms. The second-order valence-corrected chi connectivity index (χ2v) is 7.03. The molecule has 1 aliphatic rings. The molecule has 0 atom stereocenters. The number of anilines is 2. The number of carbonyl (C=O) groups is 1. The van der Waals surface area contributed by atoms with E-state index in [1.54, 1.807) is 10.6 Å². The zero-order chi connectivity index (χ0) is 17.2. The number of nitrogens with zero attached hydrogens (tertiary/aromatic N) is 4. The molecule has 1 saturated heterocycles. The van der Waals surface area contributed by atoms with Crippen LogP contribution in [0.4, 0.5) is 10.8 Å². The molecule has 2 aromatic heterocycles. The normalized spacial score (nSPS) is 14.0. The summed E-state index contributed by atoms with van der Waals surface area (Å²) in [5.74, 6) is -0.155. The Morgan fingerprint density at radius 3 is 2.64 bits per heavy atom. The minimum absolute atomic E-state index is 0.155. The van der Waals surface area contributed by atoms with Crippen molar-refractivity contribution in [1.29, 1.82) is 0 Å². The van der Waals surface area contributed by atoms with Crippen molar-refractivity contribution in [2.75, 3.05) is 23.3 Å². The van der Waals surface area contributed by atoms with E-state index >= 15 is 0 Å². The molecule has 7 heteroatoms. The quantitative estimate of drug-likeness (QED) is 0.780. The number of benzene rings is 1. The summed E-state index contributed by atoms with van der Waals surface area (Å²) in [7, 11) is 0. The fourth-order valence-electron chi connectivity index (χ4n) is 2.97. The highest BCUT2D eigenvalue weighted by Gasteiger charge is 2.20. The topological polar surface area (TPSA) is 63.1 Å². The number of rotatable bonds is 4. The van der Waals surface area contributed by atoms with Crippen LogP contribution in [0.2, 0.25) is 0 Å². The van der Waals surface area contributed by atoms with Crippen LogP contribution >= 0.6 is 11.3 Å². The molecule has 1 aliphatic heterocycles. The fourth-order valence-corrected chi connectivity index (χ4v) is 3.87. The van der Waals surface area contributed by atoms with Crippen LogP contribution in [0.3, 0.4) is 0 Å². The summed E-state index contributed by atoms with van der Waals surface area (Å²) in [4.78, 5) is 14.9. The minimum atomic E-state index is -0.155. The highest BCUT2D eigenvalue weighted by molar-refractivity contribution is 7.17. The maximum atomic E-state index is 12.7. The number of hydrogen-bond donors (Lipinski definition) is 1. The second-order valence-electron chi connectivity index (χ2n) is 6.09. The molecule has 0 saturated carbocycles. The average Bonchev–Trinajstić information content (AvgIpc) is 3.36. The van der Waals surface area contributed by atoms with Crippen LogP contribution < -0.4 is 10.2 Å². The predicted molar refractivity (Wildman–Crippen MR) is 99.8 cm³/mol. The second kappa shape index (κ2) is 6.68. The summed E-state index contributed by atoms with van der Waals surface area (Å²) in [5.41, 5.74) is 2.39. The lowest BCUT2D eigenvalue weighted by molar-refractivity contribution is 0.102. The molecule has 0 spiro atoms. The average molecular weight is 353 g/mol. The fraction of sp³-hybridized carbons (Fsp3) is 0.278. The van der Waals surface area contributed by atoms with Gasteiger partial charge in [-0.05, 0) is 43.5 Å². The number of amides is 1. The van der Waals surface area contributed by atoms with Gasteiger partial charge in [0.05, 0.1) is 0 Å². The summed E-state index contributed by atoms with van der Waals surface area (Å²) in [5, 5.41) is 13.2. The monoisotopic (exact) mass is 353 g/mol. The third kappa shape index (κ3) is 3.15. The SMILES string of the molecule is Cc1ccccc1NC(=O)c1cccn1-c1nnc(N2CCCC2)s1. The number of hydrogen-bond acceptors (Lipinski definition) is 5. The van der Waals surface area contributed by atoms with Crippen LogP contribution in [0.15, 0.2) is 42.6 Å². The van der Waals surface area contributed by atoms with Crippen LogP contribution in [0.25, 0.3) is 5.13 Å². The van der Waals surface area contributed by atoms with Crippen molar-refractivity contribution in [3.63, 3.8) is 0 Å². The van der Waals surface area contributed by atoms with E-state index in [0.717, 1.165) is 29.5 Å². The van der Waals surface area contributed by atoms with Crippen molar-refractivity contribution >= 4 is 28.1 Å². The van der Waals surface area contributed by atoms with E-state index in [0.29, 0.717) is 10.8 Å². The van der Waals surface area contributed by atoms with Gasteiger partial charge in [-0.15, -0.1) is 10.2 Å². The maximum Gasteiger partial charge on any atom is 0.272 e. The van der Waals surface area contributed by atoms with Crippen molar-refractivity contribution in [2.24, 2.45) is 0 Å². The Morgan fingerprint density at radius 1 is 1.08 bits per heavy atom. The molecular formula is C18H19N5OS. The number of aromatic nitrogens is 3. The van der Waals surface area contributed by atoms with Crippen LogP contribution in [0, 0.1) is 6.92 Å². The third-order valence-electron chi connectivity index (χ3n) is 4.36. The van der Waals surface area contributed by atoms with E-state index in [-0.39, 0.29) is 5.91 Å². The Labute approximate surface area is 150 Å². The van der Waals surface area contributed by atoms with Gasteiger partial charge in [-0.2, -0.15) is 0 Å². The van der Waals surface area contributed by atoms with Crippen LogP contribution in [0.5, 0.6) is 0 Å². The van der Waals surface area contributed by atoms with Crippen molar-refractivity contribution in [2.45, 2.75) is 19.8 Å². The lowest BCUT2D eigenvalue weighted by Gasteiger charge is -2.11. The molecule has 128 valence electrons. The van der Waals surface area contributed by atoms with E-state index in [9.17, 15) is 4.79 Å². The van der Waals surface area contributed by atoms with E-state index in [1.807, 2.05) is 43.5 Å². The van der Waals surface area contributed by atoms with E-state index in [4.69, 9.17) is 0 Å². The molecule has 3 aromatic rings. The summed E-state index contributed by atoms with van der Waals surface area (Å²) >= 11 is 1.52. The summed E-state index contributed by atoms with van der Waals surface area (Å²) in [6.07, 6.45) is 4.24. The van der Waals surface area contributed by atoms with Gasteiger partial charge in [0.15, 0.2) is 0 Å². The lowest BCUT2D eigenvalue weighted by Crippen LogP contribution is -2.17. The Morgan fingerprint density at radius 2 is 1.84 bits per heavy atom. The standard InChI is InChI=1S/C18H19N5OS/c1-13-7-2-3-8-14(13)19-16(24)15-9-6-12-23(15)18-21-20-17(25-18)22-10-4-5-11-22/h2-3,6-9,12H,4-5,10-11H2,1H3,(H,19,24). The third-order valence-corrected chi connectivity index (χ3v) is 5.34. The predicted octanol–water partition coefficient (Wildman–Crippen LogP) is 3.49. The molecule has 4 rings (SSSR count). The first-order valence-corrected chi connectivity index (χ1v) is 9.17. The maximum absolute atomic E-state index is 12.7. The molecular weight excluding hydrogens is 334 g/mol. The van der Waals surface area contributed by atoms with Crippen LogP contribution in [-0.4, -0.2) is 33.8 Å². The zero-order valence-electron chi connectivity index (χ0n) is 14.0. The van der Waals surface area contributed by atoms with E-state index in [2.05, 4.69) is 20.4 Å². The lowest BCUT2D eigenvalue weighted by atomic mass is 10.2. The van der Waals surface area contributed by atoms with E-state index in [1.165, 1.54) is 24.2 Å². The van der Waals surface area contributed by atoms with Gasteiger partial charge in [-0.1, -0.05) is 29.5 Å². The van der Waals surface area contributed by atoms with Gasteiger partial charge in [-0.25, -0.2) is 0 Å². The number of nitrogens with one attached hydrogen (secondary N) is 1. The van der Waals surface area contributed by atoms with E-state index < -0.39 is 0 Å². The molecule has 6 nitrogen and oxygen atoms in total. The highest BCUT2D eigenvalue weighted by atomic mass is 32.1. The molecule has 1 N–H and O–H groups in total. The molecule has 0 aliphatic carbocycles. The Kier molecular flexibility index (Phi) is 4.23. The molecule has 1 fully saturated rings. The van der Waals surface area contributed by atoms with Gasteiger partial charge in [0.25, 0.3) is 5.91 Å². The molecule has 0 bridgehead atoms. The van der Waals surface area contributed by atoms with Crippen molar-refractivity contribution < 1.29 is 4.79 Å². The Balaban J connectivity index is 1.58. The van der Waals surface area contributed by atoms with Crippen molar-refractivity contribution in [3.8, 4) is 5.13 Å². The summed E-state index contributed by atoms with van der Waals surface area (Å²) in [6.45, 7) is 4.03. The largest absolute Gasteiger partial charge is 0.347 e. The van der Waals surface area contributed by atoms with Gasteiger partial charge < -0.3 is 10.2 Å². The van der Waals surface area contributed by atoms with Crippen molar-refractivity contribution in [1.82, 2.24) is 14.8 Å². The molecule has 1 amide bonds. The first kappa shape index (κ1) is 15.8. The van der Waals surface area contributed by atoms with Crippen LogP contribution in [0.1, 0.15) is 28.9 Å². The molecule has 0 radical (unpaired) electrons. The zero-order valence-corrected chi connectivity index (χ0v) is 14.8. The number of carbonyl (C=O) groups excluding carboxylic acids is 1. The summed E-state index contributed by atoms with van der Waals surface area (Å²) < 4.78 is 1.80. The number of para-hydroxylation sites is 1. The van der Waals surface area contributed by atoms with Crippen LogP contribution in [-0.2, 0) is 0 Å². The Hall–Kier alpha value is -2.67. The van der Waals surface area contributed by atoms with Gasteiger partial charge in [0, 0.05) is 25.0 Å². The molecule has 0 unspecified atom stereocenters. The van der Waals surface area contributed by atoms with Crippen molar-refractivity contribution in [3.05, 3.63) is 53.9 Å². The first-order chi connectivity index (χ1) is 12.2. The molecule has 1 aromatic carbocycles. The van der Waals surface area contributed by atoms with Gasteiger partial charge >= 0.3 is 0 Å².